The van der Waals surface area contributed by atoms with Gasteiger partial charge in [0.2, 0.25) is 5.95 Å². The van der Waals surface area contributed by atoms with Gasteiger partial charge in [-0.1, -0.05) is 34.1 Å². The van der Waals surface area contributed by atoms with E-state index in [1.165, 1.54) is 18.3 Å². The van der Waals surface area contributed by atoms with E-state index in [4.69, 9.17) is 0 Å². The number of halogens is 1. The number of aryl methyl sites for hydroxylation is 1. The summed E-state index contributed by atoms with van der Waals surface area (Å²) in [4.78, 5) is 29.0. The SMILES string of the molecule is C=CCS(=O)(=O)c1ccnc(-c2ccc(Br)cc2)c1C(=O)NC1CCC(Nc2ncc(C)c(N(C)C)n2)CC1. The average molecular weight is 614 g/mol. The number of anilines is 2. The lowest BCUT2D eigenvalue weighted by molar-refractivity contribution is 0.0923. The molecule has 1 fully saturated rings. The Bertz CT molecular complexity index is 1450. The molecular formula is C28H33BrN6O3S. The minimum Gasteiger partial charge on any atom is -0.362 e. The van der Waals surface area contributed by atoms with Crippen molar-refractivity contribution in [1.29, 1.82) is 0 Å². The van der Waals surface area contributed by atoms with Crippen LogP contribution in [0.2, 0.25) is 0 Å². The van der Waals surface area contributed by atoms with Crippen molar-refractivity contribution < 1.29 is 13.2 Å². The number of nitrogens with one attached hydrogen (secondary N) is 2. The number of carbonyl (C=O) groups is 1. The number of amides is 1. The zero-order chi connectivity index (χ0) is 28.2. The first-order valence-corrected chi connectivity index (χ1v) is 15.2. The van der Waals surface area contributed by atoms with Crippen molar-refractivity contribution in [3.8, 4) is 11.3 Å². The summed E-state index contributed by atoms with van der Waals surface area (Å²) in [6.07, 6.45) is 7.66. The minimum atomic E-state index is -3.78. The summed E-state index contributed by atoms with van der Waals surface area (Å²) in [7, 11) is 0.123. The standard InChI is InChI=1S/C28H33BrN6O3S/c1-5-16-39(37,38)23-14-15-30-25(19-6-8-20(29)9-7-19)24(23)27(36)32-21-10-12-22(13-11-21)33-28-31-17-18(2)26(34-28)35(3)4/h5-9,14-15,17,21-22H,1,10-13,16H2,2-4H3,(H,32,36)(H,31,33,34). The molecule has 0 aliphatic heterocycles. The zero-order valence-corrected chi connectivity index (χ0v) is 24.7. The molecule has 206 valence electrons. The largest absolute Gasteiger partial charge is 0.362 e. The molecule has 2 aromatic heterocycles. The molecule has 1 saturated carbocycles. The Morgan fingerprint density at radius 3 is 2.41 bits per heavy atom. The van der Waals surface area contributed by atoms with Crippen LogP contribution in [0, 0.1) is 6.92 Å². The number of hydrogen-bond acceptors (Lipinski definition) is 8. The van der Waals surface area contributed by atoms with Crippen molar-refractivity contribution in [2.45, 2.75) is 49.6 Å². The minimum absolute atomic E-state index is 0.0450. The van der Waals surface area contributed by atoms with Crippen LogP contribution in [-0.2, 0) is 9.84 Å². The summed E-state index contributed by atoms with van der Waals surface area (Å²) in [5, 5.41) is 6.51. The highest BCUT2D eigenvalue weighted by atomic mass is 79.9. The Morgan fingerprint density at radius 1 is 1.10 bits per heavy atom. The van der Waals surface area contributed by atoms with Crippen LogP contribution >= 0.6 is 15.9 Å². The lowest BCUT2D eigenvalue weighted by Crippen LogP contribution is -2.41. The molecule has 2 heterocycles. The second kappa shape index (κ2) is 12.3. The molecule has 4 rings (SSSR count). The van der Waals surface area contributed by atoms with Crippen molar-refractivity contribution in [3.63, 3.8) is 0 Å². The molecule has 1 aromatic carbocycles. The number of rotatable bonds is 9. The fourth-order valence-electron chi connectivity index (χ4n) is 4.77. The van der Waals surface area contributed by atoms with Gasteiger partial charge in [-0.05, 0) is 50.8 Å². The van der Waals surface area contributed by atoms with Crippen molar-refractivity contribution >= 4 is 43.4 Å². The molecule has 39 heavy (non-hydrogen) atoms. The monoisotopic (exact) mass is 612 g/mol. The molecule has 0 spiro atoms. The Kier molecular flexibility index (Phi) is 9.01. The van der Waals surface area contributed by atoms with E-state index >= 15 is 0 Å². The van der Waals surface area contributed by atoms with Gasteiger partial charge in [0, 0.05) is 54.2 Å². The molecule has 1 amide bonds. The molecule has 3 aromatic rings. The second-order valence-electron chi connectivity index (χ2n) is 9.87. The van der Waals surface area contributed by atoms with Crippen LogP contribution in [0.25, 0.3) is 11.3 Å². The molecule has 0 atom stereocenters. The maximum Gasteiger partial charge on any atom is 0.255 e. The van der Waals surface area contributed by atoms with Crippen LogP contribution < -0.4 is 15.5 Å². The predicted molar refractivity (Wildman–Crippen MR) is 158 cm³/mol. The van der Waals surface area contributed by atoms with E-state index in [2.05, 4.69) is 48.1 Å². The number of benzene rings is 1. The molecule has 1 aliphatic carbocycles. The van der Waals surface area contributed by atoms with Gasteiger partial charge in [0.25, 0.3) is 5.91 Å². The first-order valence-electron chi connectivity index (χ1n) is 12.8. The third-order valence-corrected chi connectivity index (χ3v) is 8.91. The smallest absolute Gasteiger partial charge is 0.255 e. The fourth-order valence-corrected chi connectivity index (χ4v) is 6.29. The summed E-state index contributed by atoms with van der Waals surface area (Å²) < 4.78 is 27.0. The Morgan fingerprint density at radius 2 is 1.77 bits per heavy atom. The van der Waals surface area contributed by atoms with Gasteiger partial charge in [-0.3, -0.25) is 9.78 Å². The van der Waals surface area contributed by atoms with Crippen LogP contribution in [0.3, 0.4) is 0 Å². The molecule has 11 heteroatoms. The van der Waals surface area contributed by atoms with Gasteiger partial charge in [0.15, 0.2) is 9.84 Å². The predicted octanol–water partition coefficient (Wildman–Crippen LogP) is 4.79. The summed E-state index contributed by atoms with van der Waals surface area (Å²) >= 11 is 3.41. The quantitative estimate of drug-likeness (QED) is 0.331. The lowest BCUT2D eigenvalue weighted by atomic mass is 9.91. The van der Waals surface area contributed by atoms with Crippen molar-refractivity contribution in [1.82, 2.24) is 20.3 Å². The van der Waals surface area contributed by atoms with Gasteiger partial charge < -0.3 is 15.5 Å². The van der Waals surface area contributed by atoms with Crippen molar-refractivity contribution in [2.75, 3.05) is 30.1 Å². The van der Waals surface area contributed by atoms with Gasteiger partial charge in [0.05, 0.1) is 21.9 Å². The first-order chi connectivity index (χ1) is 18.6. The first kappa shape index (κ1) is 28.7. The number of aromatic nitrogens is 3. The summed E-state index contributed by atoms with van der Waals surface area (Å²) in [6.45, 7) is 5.54. The molecule has 2 N–H and O–H groups in total. The van der Waals surface area contributed by atoms with Crippen LogP contribution in [0.5, 0.6) is 0 Å². The van der Waals surface area contributed by atoms with E-state index in [1.54, 1.807) is 12.1 Å². The second-order valence-corrected chi connectivity index (χ2v) is 12.8. The number of nitrogens with zero attached hydrogens (tertiary/aromatic N) is 4. The Balaban J connectivity index is 1.52. The third-order valence-electron chi connectivity index (χ3n) is 6.69. The molecular weight excluding hydrogens is 580 g/mol. The van der Waals surface area contributed by atoms with E-state index in [0.29, 0.717) is 17.2 Å². The molecule has 1 aliphatic rings. The molecule has 0 unspecified atom stereocenters. The van der Waals surface area contributed by atoms with Crippen LogP contribution in [0.1, 0.15) is 41.6 Å². The summed E-state index contributed by atoms with van der Waals surface area (Å²) in [5.41, 5.74) is 2.05. The van der Waals surface area contributed by atoms with E-state index in [-0.39, 0.29) is 28.3 Å². The van der Waals surface area contributed by atoms with Crippen molar-refractivity contribution in [3.05, 3.63) is 71.0 Å². The van der Waals surface area contributed by atoms with Crippen molar-refractivity contribution in [2.24, 2.45) is 0 Å². The highest BCUT2D eigenvalue weighted by molar-refractivity contribution is 9.10. The highest BCUT2D eigenvalue weighted by Crippen LogP contribution is 2.30. The Hall–Kier alpha value is -3.31. The number of hydrogen-bond donors (Lipinski definition) is 2. The number of sulfone groups is 1. The van der Waals surface area contributed by atoms with Crippen LogP contribution in [0.15, 0.2) is 64.7 Å². The fraction of sp³-hybridized carbons (Fsp3) is 0.357. The molecule has 0 radical (unpaired) electrons. The van der Waals surface area contributed by atoms with E-state index < -0.39 is 15.7 Å². The maximum absolute atomic E-state index is 13.7. The maximum atomic E-state index is 13.7. The number of carbonyl (C=O) groups excluding carboxylic acids is 1. The van der Waals surface area contributed by atoms with Gasteiger partial charge in [-0.25, -0.2) is 13.4 Å². The third kappa shape index (κ3) is 6.83. The topological polar surface area (TPSA) is 117 Å². The van der Waals surface area contributed by atoms with E-state index in [1.807, 2.05) is 44.2 Å². The average Bonchev–Trinajstić information content (AvgIpc) is 2.90. The zero-order valence-electron chi connectivity index (χ0n) is 22.3. The number of pyridine rings is 1. The van der Waals surface area contributed by atoms with Gasteiger partial charge in [-0.2, -0.15) is 4.98 Å². The highest BCUT2D eigenvalue weighted by Gasteiger charge is 2.29. The summed E-state index contributed by atoms with van der Waals surface area (Å²) in [5.74, 6) is 0.736. The molecule has 0 bridgehead atoms. The normalized spacial score (nSPS) is 17.3. The molecule has 9 nitrogen and oxygen atoms in total. The van der Waals surface area contributed by atoms with E-state index in [9.17, 15) is 13.2 Å². The summed E-state index contributed by atoms with van der Waals surface area (Å²) in [6, 6.07) is 8.74. The lowest BCUT2D eigenvalue weighted by Gasteiger charge is -2.30. The van der Waals surface area contributed by atoms with E-state index in [0.717, 1.165) is 41.5 Å². The Labute approximate surface area is 238 Å². The van der Waals surface area contributed by atoms with Gasteiger partial charge >= 0.3 is 0 Å². The van der Waals surface area contributed by atoms with Gasteiger partial charge in [-0.15, -0.1) is 6.58 Å². The van der Waals surface area contributed by atoms with Crippen LogP contribution in [-0.4, -0.2) is 61.2 Å². The van der Waals surface area contributed by atoms with Crippen LogP contribution in [0.4, 0.5) is 11.8 Å². The van der Waals surface area contributed by atoms with Gasteiger partial charge in [0.1, 0.15) is 5.82 Å². The molecule has 0 saturated heterocycles.